The van der Waals surface area contributed by atoms with Crippen molar-refractivity contribution >= 4 is 5.69 Å². The minimum absolute atomic E-state index is 0.592. The molecular formula is C18H29NO2. The second-order valence-corrected chi connectivity index (χ2v) is 6.36. The molecule has 0 aliphatic heterocycles. The highest BCUT2D eigenvalue weighted by Crippen LogP contribution is 2.30. The normalized spacial score (nSPS) is 22.0. The zero-order chi connectivity index (χ0) is 15.1. The van der Waals surface area contributed by atoms with E-state index in [-0.39, 0.29) is 0 Å². The van der Waals surface area contributed by atoms with Crippen molar-refractivity contribution in [1.29, 1.82) is 0 Å². The molecule has 2 atom stereocenters. The quantitative estimate of drug-likeness (QED) is 0.761. The van der Waals surface area contributed by atoms with Crippen LogP contribution in [0.25, 0.3) is 0 Å². The second-order valence-electron chi connectivity index (χ2n) is 6.36. The molecule has 0 amide bonds. The van der Waals surface area contributed by atoms with Gasteiger partial charge in [0.25, 0.3) is 0 Å². The van der Waals surface area contributed by atoms with Gasteiger partial charge < -0.3 is 14.8 Å². The third-order valence-electron chi connectivity index (χ3n) is 4.31. The van der Waals surface area contributed by atoms with E-state index in [1.54, 1.807) is 7.11 Å². The van der Waals surface area contributed by atoms with E-state index in [4.69, 9.17) is 9.47 Å². The number of methoxy groups -OCH3 is 1. The summed E-state index contributed by atoms with van der Waals surface area (Å²) < 4.78 is 10.9. The lowest BCUT2D eigenvalue weighted by molar-refractivity contribution is 0.146. The summed E-state index contributed by atoms with van der Waals surface area (Å²) in [5.41, 5.74) is 2.33. The summed E-state index contributed by atoms with van der Waals surface area (Å²) in [5.74, 6) is 2.61. The number of nitrogens with one attached hydrogen (secondary N) is 1. The molecule has 1 aromatic carbocycles. The van der Waals surface area contributed by atoms with Crippen molar-refractivity contribution in [3.63, 3.8) is 0 Å². The van der Waals surface area contributed by atoms with Crippen LogP contribution < -0.4 is 10.1 Å². The minimum atomic E-state index is 0.592. The van der Waals surface area contributed by atoms with Crippen LogP contribution in [0.1, 0.15) is 38.2 Å². The van der Waals surface area contributed by atoms with Crippen molar-refractivity contribution in [1.82, 2.24) is 0 Å². The van der Waals surface area contributed by atoms with Gasteiger partial charge in [-0.05, 0) is 49.3 Å². The number of aryl methyl sites for hydroxylation is 1. The van der Waals surface area contributed by atoms with Crippen LogP contribution >= 0.6 is 0 Å². The van der Waals surface area contributed by atoms with Crippen LogP contribution in [0, 0.1) is 18.8 Å². The summed E-state index contributed by atoms with van der Waals surface area (Å²) in [6.07, 6.45) is 5.47. The summed E-state index contributed by atoms with van der Waals surface area (Å²) in [5, 5.41) is 3.59. The van der Waals surface area contributed by atoms with Crippen LogP contribution in [0.2, 0.25) is 0 Å². The Labute approximate surface area is 129 Å². The number of hydrogen-bond donors (Lipinski definition) is 1. The molecule has 0 heterocycles. The number of hydrogen-bond acceptors (Lipinski definition) is 3. The molecule has 3 heteroatoms. The van der Waals surface area contributed by atoms with Crippen LogP contribution in [-0.4, -0.2) is 26.9 Å². The fourth-order valence-corrected chi connectivity index (χ4v) is 3.13. The summed E-state index contributed by atoms with van der Waals surface area (Å²) >= 11 is 0. The third-order valence-corrected chi connectivity index (χ3v) is 4.31. The van der Waals surface area contributed by atoms with Gasteiger partial charge in [-0.15, -0.1) is 0 Å². The first-order valence-corrected chi connectivity index (χ1v) is 8.15. The Morgan fingerprint density at radius 1 is 1.24 bits per heavy atom. The predicted octanol–water partition coefficient (Wildman–Crippen LogP) is 4.26. The number of benzene rings is 1. The van der Waals surface area contributed by atoms with Gasteiger partial charge in [0, 0.05) is 13.7 Å². The largest absolute Gasteiger partial charge is 0.489 e. The van der Waals surface area contributed by atoms with Crippen LogP contribution in [0.4, 0.5) is 5.69 Å². The van der Waals surface area contributed by atoms with Crippen molar-refractivity contribution in [3.8, 4) is 5.75 Å². The molecule has 1 saturated carbocycles. The Balaban J connectivity index is 1.91. The van der Waals surface area contributed by atoms with E-state index in [2.05, 4.69) is 37.4 Å². The van der Waals surface area contributed by atoms with Crippen molar-refractivity contribution in [2.24, 2.45) is 11.8 Å². The molecule has 0 radical (unpaired) electrons. The molecule has 1 aliphatic rings. The monoisotopic (exact) mass is 291 g/mol. The average molecular weight is 291 g/mol. The van der Waals surface area contributed by atoms with Gasteiger partial charge in [0.05, 0.1) is 12.3 Å². The Morgan fingerprint density at radius 3 is 2.86 bits per heavy atom. The maximum Gasteiger partial charge on any atom is 0.142 e. The van der Waals surface area contributed by atoms with Gasteiger partial charge in [0.15, 0.2) is 0 Å². The van der Waals surface area contributed by atoms with Gasteiger partial charge in [-0.2, -0.15) is 0 Å². The highest BCUT2D eigenvalue weighted by atomic mass is 16.5. The smallest absolute Gasteiger partial charge is 0.142 e. The van der Waals surface area contributed by atoms with Crippen LogP contribution in [0.15, 0.2) is 18.2 Å². The molecule has 2 rings (SSSR count). The summed E-state index contributed by atoms with van der Waals surface area (Å²) in [7, 11) is 1.70. The molecule has 1 N–H and O–H groups in total. The van der Waals surface area contributed by atoms with Gasteiger partial charge in [-0.25, -0.2) is 0 Å². The first-order chi connectivity index (χ1) is 10.2. The van der Waals surface area contributed by atoms with Gasteiger partial charge in [-0.1, -0.05) is 25.8 Å². The summed E-state index contributed by atoms with van der Waals surface area (Å²) in [4.78, 5) is 0. The number of rotatable bonds is 7. The minimum Gasteiger partial charge on any atom is -0.489 e. The van der Waals surface area contributed by atoms with E-state index in [1.807, 2.05) is 0 Å². The van der Waals surface area contributed by atoms with E-state index >= 15 is 0 Å². The van der Waals surface area contributed by atoms with Gasteiger partial charge >= 0.3 is 0 Å². The van der Waals surface area contributed by atoms with Crippen LogP contribution in [-0.2, 0) is 4.74 Å². The van der Waals surface area contributed by atoms with E-state index in [1.165, 1.54) is 31.2 Å². The Kier molecular flexibility index (Phi) is 6.37. The molecule has 1 aliphatic carbocycles. The van der Waals surface area contributed by atoms with Crippen LogP contribution in [0.3, 0.4) is 0 Å². The highest BCUT2D eigenvalue weighted by molar-refractivity contribution is 5.57. The topological polar surface area (TPSA) is 30.5 Å². The third kappa shape index (κ3) is 5.24. The van der Waals surface area contributed by atoms with Crippen molar-refractivity contribution < 1.29 is 9.47 Å². The number of anilines is 1. The molecule has 0 saturated heterocycles. The maximum atomic E-state index is 5.83. The highest BCUT2D eigenvalue weighted by Gasteiger charge is 2.18. The van der Waals surface area contributed by atoms with E-state index in [9.17, 15) is 0 Å². The second kappa shape index (κ2) is 8.28. The first kappa shape index (κ1) is 16.2. The lowest BCUT2D eigenvalue weighted by Crippen LogP contribution is -2.21. The van der Waals surface area contributed by atoms with E-state index in [0.29, 0.717) is 13.2 Å². The van der Waals surface area contributed by atoms with Crippen molar-refractivity contribution in [3.05, 3.63) is 23.8 Å². The maximum absolute atomic E-state index is 5.83. The van der Waals surface area contributed by atoms with Gasteiger partial charge in [-0.3, -0.25) is 0 Å². The predicted molar refractivity (Wildman–Crippen MR) is 88.2 cm³/mol. The van der Waals surface area contributed by atoms with Gasteiger partial charge in [0.1, 0.15) is 12.4 Å². The molecule has 0 aromatic heterocycles. The molecule has 1 fully saturated rings. The summed E-state index contributed by atoms with van der Waals surface area (Å²) in [6, 6.07) is 6.36. The zero-order valence-corrected chi connectivity index (χ0v) is 13.7. The van der Waals surface area contributed by atoms with Crippen molar-refractivity contribution in [2.75, 3.05) is 32.2 Å². The van der Waals surface area contributed by atoms with E-state index in [0.717, 1.165) is 29.8 Å². The van der Waals surface area contributed by atoms with Crippen molar-refractivity contribution in [2.45, 2.75) is 39.5 Å². The van der Waals surface area contributed by atoms with E-state index < -0.39 is 0 Å². The fraction of sp³-hybridized carbons (Fsp3) is 0.667. The van der Waals surface area contributed by atoms with Crippen LogP contribution in [0.5, 0.6) is 5.75 Å². The molecular weight excluding hydrogens is 262 g/mol. The SMILES string of the molecule is COCCOc1cc(C)ccc1NCC1CCCC(C)C1. The molecule has 1 aromatic rings. The Morgan fingerprint density at radius 2 is 2.10 bits per heavy atom. The Bertz CT molecular complexity index is 433. The first-order valence-electron chi connectivity index (χ1n) is 8.15. The molecule has 0 spiro atoms. The molecule has 2 unspecified atom stereocenters. The lowest BCUT2D eigenvalue weighted by Gasteiger charge is -2.27. The Hall–Kier alpha value is -1.22. The summed E-state index contributed by atoms with van der Waals surface area (Å²) in [6.45, 7) is 6.73. The molecule has 0 bridgehead atoms. The standard InChI is InChI=1S/C18H29NO2/c1-14-5-4-6-16(11-14)13-19-17-8-7-15(2)12-18(17)21-10-9-20-3/h7-8,12,14,16,19H,4-6,9-11,13H2,1-3H3. The molecule has 21 heavy (non-hydrogen) atoms. The zero-order valence-electron chi connectivity index (χ0n) is 13.7. The molecule has 118 valence electrons. The van der Waals surface area contributed by atoms with Gasteiger partial charge in [0.2, 0.25) is 0 Å². The number of ether oxygens (including phenoxy) is 2. The molecule has 3 nitrogen and oxygen atoms in total. The lowest BCUT2D eigenvalue weighted by atomic mass is 9.82. The fourth-order valence-electron chi connectivity index (χ4n) is 3.13. The average Bonchev–Trinajstić information content (AvgIpc) is 2.47.